The third-order valence-electron chi connectivity index (χ3n) is 2.80. The molecule has 5 heteroatoms. The van der Waals surface area contributed by atoms with E-state index in [2.05, 4.69) is 19.0 Å². The van der Waals surface area contributed by atoms with Crippen LogP contribution in [-0.2, 0) is 4.79 Å². The van der Waals surface area contributed by atoms with Crippen molar-refractivity contribution in [2.24, 2.45) is 16.8 Å². The average Bonchev–Trinajstić information content (AvgIpc) is 2.36. The molecule has 0 aromatic heterocycles. The molecule has 0 rings (SSSR count). The number of amides is 1. The van der Waals surface area contributed by atoms with Gasteiger partial charge in [0.2, 0.25) is 5.91 Å². The minimum atomic E-state index is -0.547. The van der Waals surface area contributed by atoms with Crippen LogP contribution in [0.25, 0.3) is 0 Å². The van der Waals surface area contributed by atoms with Crippen LogP contribution in [0.5, 0.6) is 0 Å². The fourth-order valence-electron chi connectivity index (χ4n) is 1.52. The summed E-state index contributed by atoms with van der Waals surface area (Å²) < 4.78 is 0. The molecule has 1 unspecified atom stereocenters. The summed E-state index contributed by atoms with van der Waals surface area (Å²) in [5.41, 5.74) is 5.47. The zero-order valence-corrected chi connectivity index (χ0v) is 11.1. The van der Waals surface area contributed by atoms with E-state index in [0.29, 0.717) is 0 Å². The Kier molecular flexibility index (Phi) is 8.19. The van der Waals surface area contributed by atoms with Crippen molar-refractivity contribution < 1.29 is 10.0 Å². The quantitative estimate of drug-likeness (QED) is 0.295. The molecule has 0 saturated heterocycles. The molecule has 0 bridgehead atoms. The van der Waals surface area contributed by atoms with Crippen molar-refractivity contribution >= 4 is 11.7 Å². The highest BCUT2D eigenvalue weighted by molar-refractivity contribution is 6.01. The summed E-state index contributed by atoms with van der Waals surface area (Å²) in [7, 11) is 0. The largest absolute Gasteiger partial charge is 0.409 e. The van der Waals surface area contributed by atoms with Gasteiger partial charge in [-0.05, 0) is 19.8 Å². The highest BCUT2D eigenvalue weighted by Crippen LogP contribution is 2.07. The van der Waals surface area contributed by atoms with Crippen molar-refractivity contribution in [3.8, 4) is 0 Å². The smallest absolute Gasteiger partial charge is 0.233 e. The van der Waals surface area contributed by atoms with E-state index in [1.807, 2.05) is 4.90 Å². The van der Waals surface area contributed by atoms with Gasteiger partial charge < -0.3 is 15.8 Å². The van der Waals surface area contributed by atoms with Gasteiger partial charge in [0.15, 0.2) is 5.84 Å². The lowest BCUT2D eigenvalue weighted by Gasteiger charge is -2.25. The molecule has 0 saturated carbocycles. The highest BCUT2D eigenvalue weighted by Gasteiger charge is 2.23. The first-order chi connectivity index (χ1) is 8.08. The summed E-state index contributed by atoms with van der Waals surface area (Å²) in [5.74, 6) is -0.621. The van der Waals surface area contributed by atoms with Gasteiger partial charge in [-0.25, -0.2) is 0 Å². The van der Waals surface area contributed by atoms with E-state index < -0.39 is 5.92 Å². The van der Waals surface area contributed by atoms with Crippen molar-refractivity contribution in [3.63, 3.8) is 0 Å². The zero-order chi connectivity index (χ0) is 13.3. The fraction of sp³-hybridized carbons (Fsp3) is 0.833. The van der Waals surface area contributed by atoms with Gasteiger partial charge in [0, 0.05) is 13.1 Å². The number of carbonyl (C=O) groups excluding carboxylic acids is 1. The third kappa shape index (κ3) is 5.56. The van der Waals surface area contributed by atoms with Crippen molar-refractivity contribution in [1.29, 1.82) is 0 Å². The standard InChI is InChI=1S/C12H25N3O2/c1-4-6-8-15(9-7-5-2)12(16)10(3)11(13)14-17/h10,17H,4-9H2,1-3H3,(H2,13,14). The monoisotopic (exact) mass is 243 g/mol. The average molecular weight is 243 g/mol. The van der Waals surface area contributed by atoms with Crippen LogP contribution in [0.4, 0.5) is 0 Å². The number of nitrogens with zero attached hydrogens (tertiary/aromatic N) is 2. The van der Waals surface area contributed by atoms with Crippen LogP contribution in [0.3, 0.4) is 0 Å². The van der Waals surface area contributed by atoms with Gasteiger partial charge in [-0.15, -0.1) is 0 Å². The van der Waals surface area contributed by atoms with Gasteiger partial charge in [0.1, 0.15) is 0 Å². The van der Waals surface area contributed by atoms with E-state index in [4.69, 9.17) is 10.9 Å². The molecule has 0 aliphatic heterocycles. The second-order valence-corrected chi connectivity index (χ2v) is 4.28. The number of unbranched alkanes of at least 4 members (excludes halogenated alkanes) is 2. The number of oxime groups is 1. The zero-order valence-electron chi connectivity index (χ0n) is 11.1. The molecule has 3 N–H and O–H groups in total. The van der Waals surface area contributed by atoms with Gasteiger partial charge in [-0.2, -0.15) is 0 Å². The molecule has 0 aliphatic rings. The SMILES string of the molecule is CCCCN(CCCC)C(=O)C(C)/C(N)=N/O. The van der Waals surface area contributed by atoms with Gasteiger partial charge in [-0.3, -0.25) is 4.79 Å². The molecule has 0 aromatic rings. The normalized spacial score (nSPS) is 13.5. The molecule has 17 heavy (non-hydrogen) atoms. The summed E-state index contributed by atoms with van der Waals surface area (Å²) in [5, 5.41) is 11.5. The predicted molar refractivity (Wildman–Crippen MR) is 69.0 cm³/mol. The second-order valence-electron chi connectivity index (χ2n) is 4.28. The van der Waals surface area contributed by atoms with Crippen LogP contribution < -0.4 is 5.73 Å². The molecule has 1 atom stereocenters. The van der Waals surface area contributed by atoms with Crippen LogP contribution >= 0.6 is 0 Å². The van der Waals surface area contributed by atoms with Crippen LogP contribution in [0.1, 0.15) is 46.5 Å². The van der Waals surface area contributed by atoms with E-state index in [0.717, 1.165) is 38.8 Å². The van der Waals surface area contributed by atoms with Crippen LogP contribution in [0, 0.1) is 5.92 Å². The first-order valence-electron chi connectivity index (χ1n) is 6.34. The fourth-order valence-corrected chi connectivity index (χ4v) is 1.52. The summed E-state index contributed by atoms with van der Waals surface area (Å²) in [4.78, 5) is 13.9. The van der Waals surface area contributed by atoms with Crippen molar-refractivity contribution in [2.45, 2.75) is 46.5 Å². The highest BCUT2D eigenvalue weighted by atomic mass is 16.4. The first kappa shape index (κ1) is 15.7. The number of rotatable bonds is 8. The Labute approximate surface area is 104 Å². The molecule has 100 valence electrons. The van der Waals surface area contributed by atoms with Crippen molar-refractivity contribution in [3.05, 3.63) is 0 Å². The molecule has 1 amide bonds. The van der Waals surface area contributed by atoms with Crippen LogP contribution in [0.15, 0.2) is 5.16 Å². The minimum absolute atomic E-state index is 0.0204. The Morgan fingerprint density at radius 1 is 1.29 bits per heavy atom. The topological polar surface area (TPSA) is 78.9 Å². The lowest BCUT2D eigenvalue weighted by Crippen LogP contribution is -2.41. The summed E-state index contributed by atoms with van der Waals surface area (Å²) in [6.07, 6.45) is 4.07. The van der Waals surface area contributed by atoms with E-state index >= 15 is 0 Å². The number of carbonyl (C=O) groups is 1. The molecule has 5 nitrogen and oxygen atoms in total. The predicted octanol–water partition coefficient (Wildman–Crippen LogP) is 1.80. The number of hydrogen-bond acceptors (Lipinski definition) is 3. The molecule has 0 aliphatic carbocycles. The Hall–Kier alpha value is -1.26. The molecule has 0 aromatic carbocycles. The number of nitrogens with two attached hydrogens (primary N) is 1. The molecule has 0 heterocycles. The van der Waals surface area contributed by atoms with Crippen LogP contribution in [0.2, 0.25) is 0 Å². The Balaban J connectivity index is 4.49. The summed E-state index contributed by atoms with van der Waals surface area (Å²) in [6.45, 7) is 7.35. The summed E-state index contributed by atoms with van der Waals surface area (Å²) >= 11 is 0. The molecular weight excluding hydrogens is 218 g/mol. The lowest BCUT2D eigenvalue weighted by molar-refractivity contribution is -0.133. The third-order valence-corrected chi connectivity index (χ3v) is 2.80. The molecule has 0 radical (unpaired) electrons. The van der Waals surface area contributed by atoms with E-state index in [1.54, 1.807) is 6.92 Å². The van der Waals surface area contributed by atoms with Crippen molar-refractivity contribution in [2.75, 3.05) is 13.1 Å². The van der Waals surface area contributed by atoms with E-state index in [1.165, 1.54) is 0 Å². The maximum Gasteiger partial charge on any atom is 0.233 e. The number of amidine groups is 1. The molecule has 0 spiro atoms. The number of hydrogen-bond donors (Lipinski definition) is 2. The maximum atomic E-state index is 12.1. The van der Waals surface area contributed by atoms with Gasteiger partial charge in [0.25, 0.3) is 0 Å². The molecular formula is C12H25N3O2. The Bertz CT molecular complexity index is 246. The van der Waals surface area contributed by atoms with Gasteiger partial charge in [-0.1, -0.05) is 31.8 Å². The van der Waals surface area contributed by atoms with Gasteiger partial charge >= 0.3 is 0 Å². The lowest BCUT2D eigenvalue weighted by atomic mass is 10.1. The first-order valence-corrected chi connectivity index (χ1v) is 6.34. The maximum absolute atomic E-state index is 12.1. The van der Waals surface area contributed by atoms with E-state index in [-0.39, 0.29) is 11.7 Å². The minimum Gasteiger partial charge on any atom is -0.409 e. The van der Waals surface area contributed by atoms with Crippen molar-refractivity contribution in [1.82, 2.24) is 4.90 Å². The second kappa shape index (κ2) is 8.84. The Morgan fingerprint density at radius 2 is 1.76 bits per heavy atom. The molecule has 0 fully saturated rings. The summed E-state index contributed by atoms with van der Waals surface area (Å²) in [6, 6.07) is 0. The van der Waals surface area contributed by atoms with Crippen LogP contribution in [-0.4, -0.2) is 34.9 Å². The Morgan fingerprint density at radius 3 is 2.12 bits per heavy atom. The van der Waals surface area contributed by atoms with E-state index in [9.17, 15) is 4.79 Å². The van der Waals surface area contributed by atoms with Gasteiger partial charge in [0.05, 0.1) is 5.92 Å².